The summed E-state index contributed by atoms with van der Waals surface area (Å²) in [6.45, 7) is 2.68. The summed E-state index contributed by atoms with van der Waals surface area (Å²) in [4.78, 5) is 1.37. The van der Waals surface area contributed by atoms with Crippen LogP contribution in [-0.4, -0.2) is 11.9 Å². The Morgan fingerprint density at radius 2 is 2.10 bits per heavy atom. The third-order valence-electron chi connectivity index (χ3n) is 3.63. The SMILES string of the molecule is CCOc1cccc(C(N)C2Cc3ccccc3S2)c1. The van der Waals surface area contributed by atoms with E-state index in [-0.39, 0.29) is 6.04 Å². The highest BCUT2D eigenvalue weighted by atomic mass is 32.2. The van der Waals surface area contributed by atoms with E-state index in [2.05, 4.69) is 36.4 Å². The number of rotatable bonds is 4. The average molecular weight is 285 g/mol. The molecule has 0 aromatic heterocycles. The van der Waals surface area contributed by atoms with Gasteiger partial charge < -0.3 is 10.5 Å². The molecule has 0 bridgehead atoms. The molecule has 2 nitrogen and oxygen atoms in total. The van der Waals surface area contributed by atoms with Crippen molar-refractivity contribution in [1.29, 1.82) is 0 Å². The molecule has 1 heterocycles. The Labute approximate surface area is 124 Å². The molecule has 0 spiro atoms. The second kappa shape index (κ2) is 5.90. The van der Waals surface area contributed by atoms with Crippen molar-refractivity contribution in [3.63, 3.8) is 0 Å². The average Bonchev–Trinajstić information content (AvgIpc) is 2.91. The largest absolute Gasteiger partial charge is 0.494 e. The van der Waals surface area contributed by atoms with Crippen molar-refractivity contribution in [2.24, 2.45) is 5.73 Å². The van der Waals surface area contributed by atoms with Crippen LogP contribution in [0.25, 0.3) is 0 Å². The molecule has 3 rings (SSSR count). The van der Waals surface area contributed by atoms with Crippen LogP contribution in [-0.2, 0) is 6.42 Å². The first-order valence-electron chi connectivity index (χ1n) is 7.01. The van der Waals surface area contributed by atoms with Crippen molar-refractivity contribution in [1.82, 2.24) is 0 Å². The van der Waals surface area contributed by atoms with E-state index in [1.54, 1.807) is 0 Å². The lowest BCUT2D eigenvalue weighted by atomic mass is 9.99. The molecule has 20 heavy (non-hydrogen) atoms. The number of benzene rings is 2. The monoisotopic (exact) mass is 285 g/mol. The van der Waals surface area contributed by atoms with Gasteiger partial charge in [-0.15, -0.1) is 11.8 Å². The lowest BCUT2D eigenvalue weighted by molar-refractivity contribution is 0.339. The van der Waals surface area contributed by atoms with Crippen molar-refractivity contribution >= 4 is 11.8 Å². The van der Waals surface area contributed by atoms with E-state index >= 15 is 0 Å². The summed E-state index contributed by atoms with van der Waals surface area (Å²) < 4.78 is 5.56. The molecule has 2 N–H and O–H groups in total. The Kier molecular flexibility index (Phi) is 3.99. The van der Waals surface area contributed by atoms with Gasteiger partial charge in [0.25, 0.3) is 0 Å². The fraction of sp³-hybridized carbons (Fsp3) is 0.294. The van der Waals surface area contributed by atoms with Gasteiger partial charge in [0.2, 0.25) is 0 Å². The predicted octanol–water partition coefficient (Wildman–Crippen LogP) is 3.80. The van der Waals surface area contributed by atoms with E-state index in [0.717, 1.165) is 17.7 Å². The van der Waals surface area contributed by atoms with Crippen molar-refractivity contribution in [2.75, 3.05) is 6.61 Å². The number of fused-ring (bicyclic) bond motifs is 1. The van der Waals surface area contributed by atoms with Crippen molar-refractivity contribution in [3.8, 4) is 5.75 Å². The van der Waals surface area contributed by atoms with Gasteiger partial charge in [0.15, 0.2) is 0 Å². The van der Waals surface area contributed by atoms with Crippen LogP contribution in [0.2, 0.25) is 0 Å². The third kappa shape index (κ3) is 2.69. The quantitative estimate of drug-likeness (QED) is 0.928. The van der Waals surface area contributed by atoms with E-state index < -0.39 is 0 Å². The van der Waals surface area contributed by atoms with Gasteiger partial charge in [0, 0.05) is 16.2 Å². The Hall–Kier alpha value is -1.45. The van der Waals surface area contributed by atoms with Gasteiger partial charge in [-0.25, -0.2) is 0 Å². The van der Waals surface area contributed by atoms with Crippen molar-refractivity contribution in [3.05, 3.63) is 59.7 Å². The molecular formula is C17H19NOS. The second-order valence-electron chi connectivity index (χ2n) is 5.00. The first kappa shape index (κ1) is 13.5. The summed E-state index contributed by atoms with van der Waals surface area (Å²) in [6.07, 6.45) is 1.04. The van der Waals surface area contributed by atoms with Gasteiger partial charge in [-0.3, -0.25) is 0 Å². The highest BCUT2D eigenvalue weighted by Crippen LogP contribution is 2.41. The summed E-state index contributed by atoms with van der Waals surface area (Å²) in [7, 11) is 0. The maximum Gasteiger partial charge on any atom is 0.119 e. The number of hydrogen-bond donors (Lipinski definition) is 1. The fourth-order valence-electron chi connectivity index (χ4n) is 2.60. The van der Waals surface area contributed by atoms with Crippen LogP contribution in [0.3, 0.4) is 0 Å². The normalized spacial score (nSPS) is 18.6. The van der Waals surface area contributed by atoms with Crippen LogP contribution in [0.5, 0.6) is 5.75 Å². The maximum absolute atomic E-state index is 6.47. The van der Waals surface area contributed by atoms with Gasteiger partial charge >= 0.3 is 0 Å². The minimum absolute atomic E-state index is 0.0350. The van der Waals surface area contributed by atoms with Crippen LogP contribution < -0.4 is 10.5 Å². The van der Waals surface area contributed by atoms with E-state index in [1.165, 1.54) is 10.5 Å². The molecular weight excluding hydrogens is 266 g/mol. The molecule has 0 saturated carbocycles. The van der Waals surface area contributed by atoms with E-state index in [0.29, 0.717) is 11.9 Å². The summed E-state index contributed by atoms with van der Waals surface area (Å²) >= 11 is 1.89. The smallest absolute Gasteiger partial charge is 0.119 e. The first-order chi connectivity index (χ1) is 9.78. The molecule has 1 aliphatic rings. The molecule has 0 fully saturated rings. The molecule has 2 aromatic carbocycles. The summed E-state index contributed by atoms with van der Waals surface area (Å²) in [5.41, 5.74) is 9.04. The Morgan fingerprint density at radius 1 is 1.25 bits per heavy atom. The zero-order valence-electron chi connectivity index (χ0n) is 11.6. The molecule has 3 heteroatoms. The topological polar surface area (TPSA) is 35.2 Å². The van der Waals surface area contributed by atoms with Gasteiger partial charge in [-0.1, -0.05) is 30.3 Å². The third-order valence-corrected chi connectivity index (χ3v) is 5.04. The number of ether oxygens (including phenoxy) is 1. The van der Waals surface area contributed by atoms with Gasteiger partial charge in [-0.2, -0.15) is 0 Å². The predicted molar refractivity (Wildman–Crippen MR) is 84.3 cm³/mol. The summed E-state index contributed by atoms with van der Waals surface area (Å²) in [5.74, 6) is 0.904. The van der Waals surface area contributed by atoms with Crippen LogP contribution in [0.4, 0.5) is 0 Å². The van der Waals surface area contributed by atoms with Crippen LogP contribution in [0.15, 0.2) is 53.4 Å². The summed E-state index contributed by atoms with van der Waals surface area (Å²) in [6, 6.07) is 16.8. The highest BCUT2D eigenvalue weighted by molar-refractivity contribution is 8.00. The number of thioether (sulfide) groups is 1. The Bertz CT molecular complexity index is 574. The molecule has 0 radical (unpaired) electrons. The van der Waals surface area contributed by atoms with E-state index in [1.807, 2.05) is 30.8 Å². The van der Waals surface area contributed by atoms with Crippen LogP contribution >= 0.6 is 11.8 Å². The minimum atomic E-state index is 0.0350. The highest BCUT2D eigenvalue weighted by Gasteiger charge is 2.28. The van der Waals surface area contributed by atoms with E-state index in [9.17, 15) is 0 Å². The number of hydrogen-bond acceptors (Lipinski definition) is 3. The van der Waals surface area contributed by atoms with Gasteiger partial charge in [0.1, 0.15) is 5.75 Å². The fourth-order valence-corrected chi connectivity index (χ4v) is 3.95. The van der Waals surface area contributed by atoms with Crippen molar-refractivity contribution in [2.45, 2.75) is 29.5 Å². The standard InChI is InChI=1S/C17H19NOS/c1-2-19-14-8-5-7-13(10-14)17(18)16-11-12-6-3-4-9-15(12)20-16/h3-10,16-17H,2,11,18H2,1H3. The Morgan fingerprint density at radius 3 is 2.90 bits per heavy atom. The lowest BCUT2D eigenvalue weighted by Gasteiger charge is -2.19. The summed E-state index contributed by atoms with van der Waals surface area (Å²) in [5, 5.41) is 0.407. The minimum Gasteiger partial charge on any atom is -0.494 e. The number of nitrogens with two attached hydrogens (primary N) is 1. The maximum atomic E-state index is 6.47. The molecule has 0 aliphatic carbocycles. The molecule has 1 aliphatic heterocycles. The Balaban J connectivity index is 1.77. The van der Waals surface area contributed by atoms with Gasteiger partial charge in [0.05, 0.1) is 6.61 Å². The molecule has 2 unspecified atom stereocenters. The molecule has 2 aromatic rings. The molecule has 0 amide bonds. The van der Waals surface area contributed by atoms with Crippen LogP contribution in [0, 0.1) is 0 Å². The second-order valence-corrected chi connectivity index (χ2v) is 6.28. The van der Waals surface area contributed by atoms with Gasteiger partial charge in [-0.05, 0) is 42.7 Å². The van der Waals surface area contributed by atoms with Crippen molar-refractivity contribution < 1.29 is 4.74 Å². The molecule has 2 atom stereocenters. The lowest BCUT2D eigenvalue weighted by Crippen LogP contribution is -2.23. The van der Waals surface area contributed by atoms with Crippen LogP contribution in [0.1, 0.15) is 24.1 Å². The molecule has 104 valence electrons. The molecule has 0 saturated heterocycles. The zero-order valence-corrected chi connectivity index (χ0v) is 12.4. The zero-order chi connectivity index (χ0) is 13.9. The first-order valence-corrected chi connectivity index (χ1v) is 7.89. The van der Waals surface area contributed by atoms with E-state index in [4.69, 9.17) is 10.5 Å².